The molecule has 0 aliphatic rings. The minimum atomic E-state index is 0.105. The topological polar surface area (TPSA) is 38.8 Å². The van der Waals surface area contributed by atoms with Gasteiger partial charge in [0.2, 0.25) is 0 Å². The van der Waals surface area contributed by atoms with Crippen LogP contribution in [0.4, 0.5) is 0 Å². The number of methoxy groups -OCH3 is 1. The van der Waals surface area contributed by atoms with Crippen LogP contribution in [0, 0.1) is 0 Å². The lowest BCUT2D eigenvalue weighted by Crippen LogP contribution is -2.36. The van der Waals surface area contributed by atoms with E-state index in [1.165, 1.54) is 0 Å². The van der Waals surface area contributed by atoms with Crippen LogP contribution in [0.25, 0.3) is 0 Å². The summed E-state index contributed by atoms with van der Waals surface area (Å²) >= 11 is 0. The highest BCUT2D eigenvalue weighted by atomic mass is 16.5. The van der Waals surface area contributed by atoms with Gasteiger partial charge in [-0.15, -0.1) is 0 Å². The largest absolute Gasteiger partial charge is 0.494 e. The van der Waals surface area contributed by atoms with Gasteiger partial charge >= 0.3 is 0 Å². The van der Waals surface area contributed by atoms with Gasteiger partial charge in [-0.1, -0.05) is 0 Å². The molecule has 1 unspecified atom stereocenters. The van der Waals surface area contributed by atoms with Crippen LogP contribution < -0.4 is 4.74 Å². The average Bonchev–Trinajstić information content (AvgIpc) is 2.40. The summed E-state index contributed by atoms with van der Waals surface area (Å²) < 4.78 is 10.4. The zero-order valence-corrected chi connectivity index (χ0v) is 12.2. The molecule has 0 heterocycles. The third-order valence-corrected chi connectivity index (χ3v) is 3.04. The van der Waals surface area contributed by atoms with Gasteiger partial charge in [0.15, 0.2) is 5.78 Å². The summed E-state index contributed by atoms with van der Waals surface area (Å²) in [5.41, 5.74) is 0.708. The van der Waals surface area contributed by atoms with E-state index in [-0.39, 0.29) is 11.8 Å². The number of ether oxygens (including phenoxy) is 2. The maximum Gasteiger partial charge on any atom is 0.176 e. The molecule has 106 valence electrons. The lowest BCUT2D eigenvalue weighted by Gasteiger charge is -2.23. The van der Waals surface area contributed by atoms with Gasteiger partial charge < -0.3 is 9.47 Å². The number of likely N-dealkylation sites (N-methyl/N-ethyl adjacent to an activating group) is 1. The Bertz CT molecular complexity index is 389. The first-order chi connectivity index (χ1) is 9.08. The monoisotopic (exact) mass is 265 g/mol. The standard InChI is InChI=1S/C15H23NO3/c1-5-19-14-8-6-13(7-9-14)15(17)10-16(3)12(2)11-18-4/h6-9,12H,5,10-11H2,1-4H3. The van der Waals surface area contributed by atoms with Crippen LogP contribution in [0.2, 0.25) is 0 Å². The molecule has 0 aliphatic carbocycles. The molecule has 4 heteroatoms. The van der Waals surface area contributed by atoms with Crippen molar-refractivity contribution in [2.45, 2.75) is 19.9 Å². The van der Waals surface area contributed by atoms with Gasteiger partial charge in [0.1, 0.15) is 5.75 Å². The van der Waals surface area contributed by atoms with Crippen molar-refractivity contribution < 1.29 is 14.3 Å². The third kappa shape index (κ3) is 5.01. The maximum atomic E-state index is 12.1. The molecule has 0 spiro atoms. The Morgan fingerprint density at radius 3 is 2.47 bits per heavy atom. The second kappa shape index (κ2) is 7.92. The molecule has 1 aromatic rings. The molecule has 1 aromatic carbocycles. The third-order valence-electron chi connectivity index (χ3n) is 3.04. The molecular formula is C15H23NO3. The maximum absolute atomic E-state index is 12.1. The molecule has 0 saturated heterocycles. The van der Waals surface area contributed by atoms with Crippen LogP contribution in [-0.4, -0.2) is 50.6 Å². The van der Waals surface area contributed by atoms with Gasteiger partial charge in [0, 0.05) is 18.7 Å². The summed E-state index contributed by atoms with van der Waals surface area (Å²) in [5.74, 6) is 0.897. The van der Waals surface area contributed by atoms with E-state index in [4.69, 9.17) is 9.47 Å². The SMILES string of the molecule is CCOc1ccc(C(=O)CN(C)C(C)COC)cc1. The van der Waals surface area contributed by atoms with E-state index < -0.39 is 0 Å². The molecule has 4 nitrogen and oxygen atoms in total. The van der Waals surface area contributed by atoms with Crippen LogP contribution in [0.15, 0.2) is 24.3 Å². The van der Waals surface area contributed by atoms with Gasteiger partial charge in [-0.25, -0.2) is 0 Å². The van der Waals surface area contributed by atoms with E-state index in [1.807, 2.05) is 50.1 Å². The summed E-state index contributed by atoms with van der Waals surface area (Å²) in [6, 6.07) is 7.49. The summed E-state index contributed by atoms with van der Waals surface area (Å²) in [6.45, 7) is 5.61. The Morgan fingerprint density at radius 1 is 1.32 bits per heavy atom. The summed E-state index contributed by atoms with van der Waals surface area (Å²) in [4.78, 5) is 14.1. The fraction of sp³-hybridized carbons (Fsp3) is 0.533. The number of nitrogens with zero attached hydrogens (tertiary/aromatic N) is 1. The lowest BCUT2D eigenvalue weighted by molar-refractivity contribution is 0.0841. The molecule has 1 atom stereocenters. The Kier molecular flexibility index (Phi) is 6.53. The van der Waals surface area contributed by atoms with Crippen molar-refractivity contribution in [2.75, 3.05) is 33.9 Å². The number of carbonyl (C=O) groups excluding carboxylic acids is 1. The van der Waals surface area contributed by atoms with E-state index in [1.54, 1.807) is 7.11 Å². The van der Waals surface area contributed by atoms with Crippen molar-refractivity contribution in [3.8, 4) is 5.75 Å². The number of ketones is 1. The van der Waals surface area contributed by atoms with Crippen molar-refractivity contribution in [1.82, 2.24) is 4.90 Å². The molecule has 0 radical (unpaired) electrons. The molecule has 0 amide bonds. The summed E-state index contributed by atoms with van der Waals surface area (Å²) in [5, 5.41) is 0. The smallest absolute Gasteiger partial charge is 0.176 e. The molecule has 0 fully saturated rings. The Morgan fingerprint density at radius 2 is 1.95 bits per heavy atom. The normalized spacial score (nSPS) is 12.5. The van der Waals surface area contributed by atoms with E-state index in [0.29, 0.717) is 25.3 Å². The number of Topliss-reactive ketones (excluding diaryl/α,β-unsaturated/α-hetero) is 1. The van der Waals surface area contributed by atoms with Crippen molar-refractivity contribution >= 4 is 5.78 Å². The molecular weight excluding hydrogens is 242 g/mol. The van der Waals surface area contributed by atoms with Gasteiger partial charge in [0.25, 0.3) is 0 Å². The van der Waals surface area contributed by atoms with Crippen LogP contribution in [0.5, 0.6) is 5.75 Å². The number of carbonyl (C=O) groups is 1. The number of hydrogen-bond donors (Lipinski definition) is 0. The Balaban J connectivity index is 2.57. The van der Waals surface area contributed by atoms with Crippen molar-refractivity contribution in [3.63, 3.8) is 0 Å². The number of rotatable bonds is 8. The molecule has 0 aromatic heterocycles. The molecule has 0 aliphatic heterocycles. The van der Waals surface area contributed by atoms with Crippen molar-refractivity contribution in [3.05, 3.63) is 29.8 Å². The highest BCUT2D eigenvalue weighted by molar-refractivity contribution is 5.97. The predicted molar refractivity (Wildman–Crippen MR) is 75.9 cm³/mol. The van der Waals surface area contributed by atoms with Crippen LogP contribution in [-0.2, 0) is 4.74 Å². The quantitative estimate of drug-likeness (QED) is 0.676. The van der Waals surface area contributed by atoms with Crippen LogP contribution in [0.1, 0.15) is 24.2 Å². The lowest BCUT2D eigenvalue weighted by atomic mass is 10.1. The molecule has 1 rings (SSSR count). The molecule has 19 heavy (non-hydrogen) atoms. The van der Waals surface area contributed by atoms with Gasteiger partial charge in [0.05, 0.1) is 19.8 Å². The number of benzene rings is 1. The van der Waals surface area contributed by atoms with E-state index in [0.717, 1.165) is 5.75 Å². The highest BCUT2D eigenvalue weighted by Gasteiger charge is 2.14. The second-order valence-corrected chi connectivity index (χ2v) is 4.60. The van der Waals surface area contributed by atoms with E-state index >= 15 is 0 Å². The van der Waals surface area contributed by atoms with Crippen molar-refractivity contribution in [1.29, 1.82) is 0 Å². The first-order valence-electron chi connectivity index (χ1n) is 6.53. The van der Waals surface area contributed by atoms with E-state index in [9.17, 15) is 4.79 Å². The number of hydrogen-bond acceptors (Lipinski definition) is 4. The molecule has 0 saturated carbocycles. The molecule has 0 N–H and O–H groups in total. The van der Waals surface area contributed by atoms with Gasteiger partial charge in [-0.2, -0.15) is 0 Å². The van der Waals surface area contributed by atoms with Crippen LogP contribution >= 0.6 is 0 Å². The van der Waals surface area contributed by atoms with Gasteiger partial charge in [-0.3, -0.25) is 9.69 Å². The summed E-state index contributed by atoms with van der Waals surface area (Å²) in [7, 11) is 3.59. The van der Waals surface area contributed by atoms with E-state index in [2.05, 4.69) is 0 Å². The molecule has 0 bridgehead atoms. The first-order valence-corrected chi connectivity index (χ1v) is 6.53. The average molecular weight is 265 g/mol. The van der Waals surface area contributed by atoms with Crippen molar-refractivity contribution in [2.24, 2.45) is 0 Å². The first kappa shape index (κ1) is 15.7. The highest BCUT2D eigenvalue weighted by Crippen LogP contribution is 2.13. The van der Waals surface area contributed by atoms with Crippen LogP contribution in [0.3, 0.4) is 0 Å². The second-order valence-electron chi connectivity index (χ2n) is 4.60. The predicted octanol–water partition coefficient (Wildman–Crippen LogP) is 2.23. The zero-order valence-electron chi connectivity index (χ0n) is 12.2. The Hall–Kier alpha value is -1.39. The fourth-order valence-corrected chi connectivity index (χ4v) is 1.75. The minimum Gasteiger partial charge on any atom is -0.494 e. The van der Waals surface area contributed by atoms with Gasteiger partial charge in [-0.05, 0) is 45.2 Å². The Labute approximate surface area is 115 Å². The minimum absolute atomic E-state index is 0.105. The summed E-state index contributed by atoms with van der Waals surface area (Å²) in [6.07, 6.45) is 0. The fourth-order valence-electron chi connectivity index (χ4n) is 1.75. The zero-order chi connectivity index (χ0) is 14.3.